The predicted octanol–water partition coefficient (Wildman–Crippen LogP) is 3.68. The van der Waals surface area contributed by atoms with E-state index in [0.29, 0.717) is 6.61 Å². The average molecular weight is 188 g/mol. The fourth-order valence-electron chi connectivity index (χ4n) is 1.16. The molecule has 0 unspecified atom stereocenters. The number of rotatable bonds is 4. The van der Waals surface area contributed by atoms with Gasteiger partial charge in [0.1, 0.15) is 6.61 Å². The van der Waals surface area contributed by atoms with Gasteiger partial charge in [-0.15, -0.1) is 0 Å². The first-order chi connectivity index (χ1) is 6.68. The molecule has 1 nitrogen and oxygen atoms in total. The van der Waals surface area contributed by atoms with E-state index in [1.54, 1.807) is 0 Å². The second-order valence-electron chi connectivity index (χ2n) is 3.38. The van der Waals surface area contributed by atoms with Crippen molar-refractivity contribution in [3.63, 3.8) is 0 Å². The van der Waals surface area contributed by atoms with Gasteiger partial charge in [-0.2, -0.15) is 0 Å². The molecule has 1 heteroatoms. The lowest BCUT2D eigenvalue weighted by molar-refractivity contribution is 0.200. The van der Waals surface area contributed by atoms with Crippen molar-refractivity contribution in [3.05, 3.63) is 59.9 Å². The van der Waals surface area contributed by atoms with Crippen LogP contribution in [-0.2, 0) is 11.3 Å². The van der Waals surface area contributed by atoms with Crippen molar-refractivity contribution < 1.29 is 4.74 Å². The van der Waals surface area contributed by atoms with Gasteiger partial charge in [-0.25, -0.2) is 0 Å². The first-order valence-corrected chi connectivity index (χ1v) is 4.69. The van der Waals surface area contributed by atoms with Gasteiger partial charge < -0.3 is 4.74 Å². The van der Waals surface area contributed by atoms with Gasteiger partial charge in [-0.05, 0) is 25.5 Å². The van der Waals surface area contributed by atoms with Crippen LogP contribution in [0.15, 0.2) is 54.3 Å². The van der Waals surface area contributed by atoms with Gasteiger partial charge in [-0.1, -0.05) is 42.5 Å². The van der Waals surface area contributed by atoms with Gasteiger partial charge in [-0.3, -0.25) is 0 Å². The molecule has 0 N–H and O–H groups in total. The highest BCUT2D eigenvalue weighted by Crippen LogP contribution is 2.06. The normalized spacial score (nSPS) is 11.1. The molecular weight excluding hydrogens is 172 g/mol. The Morgan fingerprint density at radius 2 is 1.93 bits per heavy atom. The maximum atomic E-state index is 5.54. The van der Waals surface area contributed by atoms with Crippen molar-refractivity contribution in [2.24, 2.45) is 0 Å². The van der Waals surface area contributed by atoms with Gasteiger partial charge in [0.25, 0.3) is 0 Å². The Kier molecular flexibility index (Phi) is 3.99. The van der Waals surface area contributed by atoms with Crippen molar-refractivity contribution in [1.82, 2.24) is 0 Å². The first-order valence-electron chi connectivity index (χ1n) is 4.69. The Morgan fingerprint density at radius 1 is 1.29 bits per heavy atom. The van der Waals surface area contributed by atoms with E-state index in [1.807, 2.05) is 50.3 Å². The maximum absolute atomic E-state index is 5.54. The van der Waals surface area contributed by atoms with Crippen molar-refractivity contribution in [3.8, 4) is 0 Å². The molecular formula is C13H16O. The van der Waals surface area contributed by atoms with Crippen LogP contribution >= 0.6 is 0 Å². The standard InChI is InChI=1S/C13H16O/c1-11(2)9-12(3)14-10-13-7-5-4-6-8-13/h4-9H,1,10H2,2-3H3. The highest BCUT2D eigenvalue weighted by Gasteiger charge is 1.92. The zero-order chi connectivity index (χ0) is 10.4. The second kappa shape index (κ2) is 5.28. The average Bonchev–Trinajstić information content (AvgIpc) is 2.15. The lowest BCUT2D eigenvalue weighted by atomic mass is 10.2. The molecule has 0 fully saturated rings. The van der Waals surface area contributed by atoms with Crippen molar-refractivity contribution in [1.29, 1.82) is 0 Å². The summed E-state index contributed by atoms with van der Waals surface area (Å²) in [7, 11) is 0. The minimum Gasteiger partial charge on any atom is -0.494 e. The summed E-state index contributed by atoms with van der Waals surface area (Å²) in [5, 5.41) is 0. The van der Waals surface area contributed by atoms with Crippen LogP contribution in [-0.4, -0.2) is 0 Å². The van der Waals surface area contributed by atoms with E-state index in [0.717, 1.165) is 11.3 Å². The molecule has 0 atom stereocenters. The Balaban J connectivity index is 2.45. The van der Waals surface area contributed by atoms with E-state index >= 15 is 0 Å². The quantitative estimate of drug-likeness (QED) is 0.517. The molecule has 14 heavy (non-hydrogen) atoms. The SMILES string of the molecule is C=C(C)C=C(C)OCc1ccccc1. The van der Waals surface area contributed by atoms with Gasteiger partial charge in [0.2, 0.25) is 0 Å². The van der Waals surface area contributed by atoms with Gasteiger partial charge in [0, 0.05) is 0 Å². The van der Waals surface area contributed by atoms with Crippen LogP contribution in [0.4, 0.5) is 0 Å². The lowest BCUT2D eigenvalue weighted by Crippen LogP contribution is -1.90. The molecule has 0 aliphatic carbocycles. The van der Waals surface area contributed by atoms with E-state index < -0.39 is 0 Å². The third kappa shape index (κ3) is 3.94. The fraction of sp³-hybridized carbons (Fsp3) is 0.231. The number of hydrogen-bond acceptors (Lipinski definition) is 1. The topological polar surface area (TPSA) is 9.23 Å². The Morgan fingerprint density at radius 3 is 2.50 bits per heavy atom. The van der Waals surface area contributed by atoms with Crippen LogP contribution in [0, 0.1) is 0 Å². The minimum atomic E-state index is 0.621. The monoisotopic (exact) mass is 188 g/mol. The van der Waals surface area contributed by atoms with Crippen molar-refractivity contribution in [2.75, 3.05) is 0 Å². The summed E-state index contributed by atoms with van der Waals surface area (Å²) in [6.45, 7) is 8.31. The molecule has 0 saturated carbocycles. The van der Waals surface area contributed by atoms with Crippen LogP contribution < -0.4 is 0 Å². The molecule has 0 saturated heterocycles. The number of benzene rings is 1. The van der Waals surface area contributed by atoms with E-state index in [1.165, 1.54) is 5.56 Å². The first kappa shape index (κ1) is 10.6. The van der Waals surface area contributed by atoms with Crippen LogP contribution in [0.2, 0.25) is 0 Å². The highest BCUT2D eigenvalue weighted by atomic mass is 16.5. The molecule has 0 aromatic heterocycles. The van der Waals surface area contributed by atoms with E-state index in [9.17, 15) is 0 Å². The number of hydrogen-bond donors (Lipinski definition) is 0. The van der Waals surface area contributed by atoms with E-state index in [2.05, 4.69) is 6.58 Å². The molecule has 0 heterocycles. The largest absolute Gasteiger partial charge is 0.494 e. The summed E-state index contributed by atoms with van der Waals surface area (Å²) in [5.41, 5.74) is 2.19. The molecule has 0 bridgehead atoms. The van der Waals surface area contributed by atoms with Gasteiger partial charge >= 0.3 is 0 Å². The third-order valence-electron chi connectivity index (χ3n) is 1.76. The molecule has 1 rings (SSSR count). The summed E-state index contributed by atoms with van der Waals surface area (Å²) in [6, 6.07) is 10.1. The molecule has 0 aliphatic rings. The number of allylic oxidation sites excluding steroid dienone is 3. The Bertz CT molecular complexity index is 322. The molecule has 1 aromatic rings. The highest BCUT2D eigenvalue weighted by molar-refractivity contribution is 5.16. The summed E-state index contributed by atoms with van der Waals surface area (Å²) in [6.07, 6.45) is 1.93. The van der Waals surface area contributed by atoms with Crippen LogP contribution in [0.1, 0.15) is 19.4 Å². The molecule has 0 spiro atoms. The Labute approximate surface area is 85.7 Å². The maximum Gasteiger partial charge on any atom is 0.113 e. The zero-order valence-electron chi connectivity index (χ0n) is 8.79. The number of ether oxygens (including phenoxy) is 1. The predicted molar refractivity (Wildman–Crippen MR) is 59.8 cm³/mol. The van der Waals surface area contributed by atoms with Crippen molar-refractivity contribution in [2.45, 2.75) is 20.5 Å². The third-order valence-corrected chi connectivity index (χ3v) is 1.76. The molecule has 1 aromatic carbocycles. The fourth-order valence-corrected chi connectivity index (χ4v) is 1.16. The van der Waals surface area contributed by atoms with Crippen LogP contribution in [0.3, 0.4) is 0 Å². The van der Waals surface area contributed by atoms with Crippen molar-refractivity contribution >= 4 is 0 Å². The van der Waals surface area contributed by atoms with E-state index in [-0.39, 0.29) is 0 Å². The summed E-state index contributed by atoms with van der Waals surface area (Å²) < 4.78 is 5.54. The summed E-state index contributed by atoms with van der Waals surface area (Å²) in [4.78, 5) is 0. The van der Waals surface area contributed by atoms with Gasteiger partial charge in [0.05, 0.1) is 5.76 Å². The Hall–Kier alpha value is -1.50. The second-order valence-corrected chi connectivity index (χ2v) is 3.38. The molecule has 74 valence electrons. The van der Waals surface area contributed by atoms with Gasteiger partial charge in [0.15, 0.2) is 0 Å². The summed E-state index contributed by atoms with van der Waals surface area (Å²) in [5.74, 6) is 0.904. The molecule has 0 amide bonds. The minimum absolute atomic E-state index is 0.621. The van der Waals surface area contributed by atoms with Crippen LogP contribution in [0.5, 0.6) is 0 Å². The lowest BCUT2D eigenvalue weighted by Gasteiger charge is -2.06. The summed E-state index contributed by atoms with van der Waals surface area (Å²) >= 11 is 0. The van der Waals surface area contributed by atoms with E-state index in [4.69, 9.17) is 4.74 Å². The molecule has 0 aliphatic heterocycles. The zero-order valence-corrected chi connectivity index (χ0v) is 8.79. The smallest absolute Gasteiger partial charge is 0.113 e. The molecule has 0 radical (unpaired) electrons. The van der Waals surface area contributed by atoms with Crippen LogP contribution in [0.25, 0.3) is 0 Å².